The molecule has 1 aliphatic carbocycles. The average molecular weight is 691 g/mol. The van der Waals surface area contributed by atoms with Crippen LogP contribution in [0.4, 0.5) is 9.59 Å². The molecule has 3 aromatic rings. The fourth-order valence-corrected chi connectivity index (χ4v) is 7.17. The molecule has 15 nitrogen and oxygen atoms in total. The molecule has 0 radical (unpaired) electrons. The van der Waals surface area contributed by atoms with E-state index in [-0.39, 0.29) is 41.0 Å². The molecule has 3 heterocycles. The number of carbonyl (C=O) groups excluding carboxylic acids is 5. The van der Waals surface area contributed by atoms with Gasteiger partial charge in [-0.15, -0.1) is 11.8 Å². The summed E-state index contributed by atoms with van der Waals surface area (Å²) >= 11 is 1.20. The molecule has 3 aliphatic rings. The van der Waals surface area contributed by atoms with Crippen LogP contribution in [-0.2, 0) is 38.2 Å². The number of nitrogens with one attached hydrogen (secondary N) is 1. The molecule has 3 N–H and O–H groups in total. The van der Waals surface area contributed by atoms with Gasteiger partial charge in [-0.1, -0.05) is 53.7 Å². The molecule has 1 aromatic heterocycles. The molecule has 0 saturated carbocycles. The maximum atomic E-state index is 13.5. The van der Waals surface area contributed by atoms with Gasteiger partial charge in [0.15, 0.2) is 5.76 Å². The molecule has 254 valence electrons. The molecule has 3 unspecified atom stereocenters. The number of β-lactam (4-membered cyclic amide) rings is 1. The van der Waals surface area contributed by atoms with Crippen LogP contribution in [0.15, 0.2) is 87.8 Å². The van der Waals surface area contributed by atoms with E-state index in [1.54, 1.807) is 6.07 Å². The van der Waals surface area contributed by atoms with Gasteiger partial charge in [0.1, 0.15) is 37.4 Å². The summed E-state index contributed by atoms with van der Waals surface area (Å²) in [4.78, 5) is 69.8. The van der Waals surface area contributed by atoms with Gasteiger partial charge < -0.3 is 39.3 Å². The molecule has 6 rings (SSSR count). The van der Waals surface area contributed by atoms with Gasteiger partial charge in [-0.05, 0) is 34.4 Å². The number of primary amides is 1. The smallest absolute Gasteiger partial charge is 0.462 e. The Morgan fingerprint density at radius 2 is 1.71 bits per heavy atom. The zero-order valence-electron chi connectivity index (χ0n) is 26.2. The Hall–Kier alpha value is -5.77. The summed E-state index contributed by atoms with van der Waals surface area (Å²) in [6, 6.07) is 17.7. The Bertz CT molecular complexity index is 1810. The number of amides is 3. The van der Waals surface area contributed by atoms with Crippen molar-refractivity contribution in [3.8, 4) is 11.1 Å². The Balaban J connectivity index is 1.10. The van der Waals surface area contributed by atoms with Crippen molar-refractivity contribution in [3.05, 3.63) is 95.1 Å². The van der Waals surface area contributed by atoms with Crippen LogP contribution in [0.3, 0.4) is 0 Å². The molecular formula is C33H30N4O11S. The van der Waals surface area contributed by atoms with Gasteiger partial charge in [-0.25, -0.2) is 14.4 Å². The van der Waals surface area contributed by atoms with E-state index in [1.807, 2.05) is 48.5 Å². The molecule has 0 bridgehead atoms. The van der Waals surface area contributed by atoms with E-state index >= 15 is 0 Å². The highest BCUT2D eigenvalue weighted by Crippen LogP contribution is 2.45. The molecule has 16 heteroatoms. The lowest BCUT2D eigenvalue weighted by atomic mass is 9.98. The molecule has 1 saturated heterocycles. The first-order chi connectivity index (χ1) is 23.7. The zero-order chi connectivity index (χ0) is 34.7. The quantitative estimate of drug-likeness (QED) is 0.0745. The number of fused-ring (bicyclic) bond motifs is 4. The maximum absolute atomic E-state index is 13.5. The Morgan fingerprint density at radius 3 is 2.35 bits per heavy atom. The number of esters is 1. The summed E-state index contributed by atoms with van der Waals surface area (Å²) < 4.78 is 26.2. The Kier molecular flexibility index (Phi) is 9.57. The first-order valence-corrected chi connectivity index (χ1v) is 16.0. The highest BCUT2D eigenvalue weighted by Gasteiger charge is 2.55. The van der Waals surface area contributed by atoms with E-state index < -0.39 is 54.3 Å². The third kappa shape index (κ3) is 6.67. The van der Waals surface area contributed by atoms with Crippen LogP contribution in [0.25, 0.3) is 11.1 Å². The van der Waals surface area contributed by atoms with Gasteiger partial charge in [-0.3, -0.25) is 14.5 Å². The lowest BCUT2D eigenvalue weighted by molar-refractivity contribution is -0.169. The number of nitrogens with two attached hydrogens (primary N) is 1. The Labute approximate surface area is 283 Å². The SMILES string of the molecule is CO/N=C(/C(=O)NC1C(=O)N2C(C(=O)OC(C)OC(=O)OCC3c4ccccc4-c4ccccc43)=C(COC(N)=O)CSC12)c1ccco1. The van der Waals surface area contributed by atoms with Gasteiger partial charge in [0.2, 0.25) is 12.0 Å². The summed E-state index contributed by atoms with van der Waals surface area (Å²) in [5, 5.41) is 5.55. The van der Waals surface area contributed by atoms with Crippen LogP contribution >= 0.6 is 11.8 Å². The van der Waals surface area contributed by atoms with Crippen molar-refractivity contribution in [2.24, 2.45) is 10.9 Å². The summed E-state index contributed by atoms with van der Waals surface area (Å²) in [6.07, 6.45) is -2.26. The van der Waals surface area contributed by atoms with Crippen LogP contribution in [0, 0.1) is 0 Å². The lowest BCUT2D eigenvalue weighted by Crippen LogP contribution is -2.71. The van der Waals surface area contributed by atoms with Crippen molar-refractivity contribution in [2.75, 3.05) is 26.1 Å². The highest BCUT2D eigenvalue weighted by molar-refractivity contribution is 8.00. The van der Waals surface area contributed by atoms with E-state index in [1.165, 1.54) is 38.1 Å². The summed E-state index contributed by atoms with van der Waals surface area (Å²) in [7, 11) is 1.25. The van der Waals surface area contributed by atoms with Crippen molar-refractivity contribution in [2.45, 2.75) is 30.5 Å². The molecule has 2 aliphatic heterocycles. The third-order valence-corrected chi connectivity index (χ3v) is 9.27. The normalized spacial score (nSPS) is 18.7. The largest absolute Gasteiger partial charge is 0.511 e. The maximum Gasteiger partial charge on any atom is 0.511 e. The number of hydrogen-bond donors (Lipinski definition) is 2. The second-order valence-electron chi connectivity index (χ2n) is 10.9. The van der Waals surface area contributed by atoms with Gasteiger partial charge in [0, 0.05) is 24.2 Å². The third-order valence-electron chi connectivity index (χ3n) is 7.93. The first-order valence-electron chi connectivity index (χ1n) is 14.9. The van der Waals surface area contributed by atoms with Gasteiger partial charge in [0.25, 0.3) is 11.8 Å². The molecule has 1 fully saturated rings. The molecular weight excluding hydrogens is 660 g/mol. The molecule has 3 atom stereocenters. The second-order valence-corrected chi connectivity index (χ2v) is 12.0. The minimum absolute atomic E-state index is 0.0156. The standard InChI is InChI=1S/C33H30N4O11S/c1-17(48-33(42)46-15-23-21-10-5-3-8-19(21)20-9-4-6-11-22(20)23)47-31(40)27-18(14-45-32(34)41)16-49-30-26(29(39)37(27)30)35-28(38)25(36-43-2)24-12-7-13-44-24/h3-13,17,23,26,30H,14-16H2,1-2H3,(H2,34,41)(H,35,38)/b36-25+. The van der Waals surface area contributed by atoms with Crippen LogP contribution in [0.2, 0.25) is 0 Å². The summed E-state index contributed by atoms with van der Waals surface area (Å²) in [6.45, 7) is 0.879. The second kappa shape index (κ2) is 14.1. The minimum Gasteiger partial charge on any atom is -0.462 e. The monoisotopic (exact) mass is 690 g/mol. The van der Waals surface area contributed by atoms with Crippen LogP contribution < -0.4 is 11.1 Å². The van der Waals surface area contributed by atoms with Crippen LogP contribution in [0.1, 0.15) is 29.7 Å². The van der Waals surface area contributed by atoms with Gasteiger partial charge >= 0.3 is 18.2 Å². The van der Waals surface area contributed by atoms with Crippen molar-refractivity contribution in [3.63, 3.8) is 0 Å². The van der Waals surface area contributed by atoms with Crippen molar-refractivity contribution < 1.29 is 52.2 Å². The number of rotatable bonds is 11. The van der Waals surface area contributed by atoms with Gasteiger partial charge in [0.05, 0.1) is 6.26 Å². The lowest BCUT2D eigenvalue weighted by Gasteiger charge is -2.49. The number of furan rings is 1. The van der Waals surface area contributed by atoms with E-state index in [2.05, 4.69) is 10.5 Å². The zero-order valence-corrected chi connectivity index (χ0v) is 27.0. The minimum atomic E-state index is -1.44. The number of ether oxygens (including phenoxy) is 4. The Morgan fingerprint density at radius 1 is 1.02 bits per heavy atom. The van der Waals surface area contributed by atoms with E-state index in [4.69, 9.17) is 33.9 Å². The van der Waals surface area contributed by atoms with Gasteiger partial charge in [-0.2, -0.15) is 0 Å². The number of thioether (sulfide) groups is 1. The highest BCUT2D eigenvalue weighted by atomic mass is 32.2. The van der Waals surface area contributed by atoms with Crippen molar-refractivity contribution in [1.82, 2.24) is 10.2 Å². The molecule has 49 heavy (non-hydrogen) atoms. The predicted molar refractivity (Wildman–Crippen MR) is 172 cm³/mol. The van der Waals surface area contributed by atoms with Crippen molar-refractivity contribution >= 4 is 47.5 Å². The van der Waals surface area contributed by atoms with Crippen LogP contribution in [-0.4, -0.2) is 84.4 Å². The molecule has 3 amide bonds. The fraction of sp³-hybridized carbons (Fsp3) is 0.273. The first kappa shape index (κ1) is 33.1. The molecule has 0 spiro atoms. The number of hydrogen-bond acceptors (Lipinski definition) is 13. The summed E-state index contributed by atoms with van der Waals surface area (Å²) in [5.41, 5.74) is 9.04. The predicted octanol–water partition coefficient (Wildman–Crippen LogP) is 3.23. The topological polar surface area (TPSA) is 198 Å². The van der Waals surface area contributed by atoms with E-state index in [0.29, 0.717) is 0 Å². The number of nitrogens with zero attached hydrogens (tertiary/aromatic N) is 2. The average Bonchev–Trinajstić information content (AvgIpc) is 3.73. The van der Waals surface area contributed by atoms with E-state index in [9.17, 15) is 24.0 Å². The summed E-state index contributed by atoms with van der Waals surface area (Å²) in [5.74, 6) is -2.44. The number of carbonyl (C=O) groups is 5. The fourth-order valence-electron chi connectivity index (χ4n) is 5.84. The van der Waals surface area contributed by atoms with E-state index in [0.717, 1.165) is 27.2 Å². The number of benzene rings is 2. The number of oxime groups is 1. The van der Waals surface area contributed by atoms with Crippen LogP contribution in [0.5, 0.6) is 0 Å². The van der Waals surface area contributed by atoms with Crippen molar-refractivity contribution in [1.29, 1.82) is 0 Å². The molecule has 2 aromatic carbocycles.